The summed E-state index contributed by atoms with van der Waals surface area (Å²) in [5.74, 6) is -0.694. The van der Waals surface area contributed by atoms with Gasteiger partial charge in [-0.15, -0.1) is 0 Å². The molecule has 10 heteroatoms. The second-order valence-electron chi connectivity index (χ2n) is 12.4. The first kappa shape index (κ1) is 34.1. The highest BCUT2D eigenvalue weighted by molar-refractivity contribution is 6.02. The van der Waals surface area contributed by atoms with Crippen LogP contribution in [0.15, 0.2) is 48.5 Å². The van der Waals surface area contributed by atoms with E-state index in [4.69, 9.17) is 0 Å². The summed E-state index contributed by atoms with van der Waals surface area (Å²) in [6.45, 7) is 6.35. The molecule has 4 N–H and O–H groups in total. The quantitative estimate of drug-likeness (QED) is 0.255. The molecule has 2 fully saturated rings. The number of rotatable bonds is 14. The number of nitrogens with one attached hydrogen (secondary N) is 3. The predicted molar refractivity (Wildman–Crippen MR) is 176 cm³/mol. The molecule has 2 aromatic rings. The first-order valence-corrected chi connectivity index (χ1v) is 16.5. The number of aliphatic hydroxyl groups is 1. The molecule has 0 unspecified atom stereocenters. The van der Waals surface area contributed by atoms with E-state index in [9.17, 15) is 24.3 Å². The zero-order valence-corrected chi connectivity index (χ0v) is 26.9. The summed E-state index contributed by atoms with van der Waals surface area (Å²) in [5, 5.41) is 20.6. The molecule has 0 spiro atoms. The molecule has 1 saturated carbocycles. The van der Waals surface area contributed by atoms with Gasteiger partial charge in [0.25, 0.3) is 5.91 Å². The van der Waals surface area contributed by atoms with E-state index >= 15 is 0 Å². The van der Waals surface area contributed by atoms with Crippen LogP contribution in [0.25, 0.3) is 0 Å². The van der Waals surface area contributed by atoms with Crippen LogP contribution in [0, 0.1) is 0 Å². The molecule has 1 aliphatic heterocycles. The second-order valence-corrected chi connectivity index (χ2v) is 12.4. The Morgan fingerprint density at radius 3 is 2.42 bits per heavy atom. The maximum Gasteiger partial charge on any atom is 0.251 e. The van der Waals surface area contributed by atoms with Crippen molar-refractivity contribution in [2.75, 3.05) is 29.4 Å². The maximum atomic E-state index is 13.9. The van der Waals surface area contributed by atoms with Crippen LogP contribution in [0.3, 0.4) is 0 Å². The van der Waals surface area contributed by atoms with Crippen molar-refractivity contribution in [2.24, 2.45) is 0 Å². The van der Waals surface area contributed by atoms with Crippen LogP contribution in [0.1, 0.15) is 88.1 Å². The molecule has 1 aliphatic carbocycles. The Bertz CT molecular complexity index is 1310. The summed E-state index contributed by atoms with van der Waals surface area (Å²) in [6, 6.07) is 13.7. The van der Waals surface area contributed by atoms with Crippen molar-refractivity contribution in [2.45, 2.75) is 103 Å². The van der Waals surface area contributed by atoms with Crippen LogP contribution in [0.5, 0.6) is 0 Å². The third-order valence-corrected chi connectivity index (χ3v) is 8.75. The Morgan fingerprint density at radius 2 is 1.78 bits per heavy atom. The number of benzene rings is 2. The normalized spacial score (nSPS) is 17.4. The Balaban J connectivity index is 1.53. The van der Waals surface area contributed by atoms with Crippen molar-refractivity contribution in [1.29, 1.82) is 0 Å². The van der Waals surface area contributed by atoms with E-state index in [0.29, 0.717) is 42.9 Å². The summed E-state index contributed by atoms with van der Waals surface area (Å²) in [6.07, 6.45) is 6.68. The standard InChI is InChI=1S/C35H49N5O5/c1-4-17-39(25(3)41)29-20-27(21-30(22-29)40-18-11-16-33(40)43)35(45)38-31(19-26-12-7-5-8-13-26)32(42)23-36-24(2)34(44)37-28-14-9-6-10-15-28/h5,7-8,12-13,20-22,24,28,31-32,36,42H,4,6,9-11,14-19,23H2,1-3H3,(H,37,44)(H,38,45)/t24-,31-,32+/m0/s1. The maximum absolute atomic E-state index is 13.9. The van der Waals surface area contributed by atoms with Crippen LogP contribution in [-0.2, 0) is 20.8 Å². The fourth-order valence-electron chi connectivity index (χ4n) is 6.16. The molecule has 4 amide bonds. The molecule has 0 bridgehead atoms. The molecule has 0 aromatic heterocycles. The van der Waals surface area contributed by atoms with Gasteiger partial charge in [0.05, 0.1) is 18.2 Å². The molecular formula is C35H49N5O5. The SMILES string of the molecule is CCCN(C(C)=O)c1cc(C(=O)N[C@@H](Cc2ccccc2)[C@H](O)CN[C@@H](C)C(=O)NC2CCCCC2)cc(N2CCCC2=O)c1. The summed E-state index contributed by atoms with van der Waals surface area (Å²) < 4.78 is 0. The van der Waals surface area contributed by atoms with Crippen molar-refractivity contribution >= 4 is 35.0 Å². The molecule has 45 heavy (non-hydrogen) atoms. The first-order valence-electron chi connectivity index (χ1n) is 16.5. The van der Waals surface area contributed by atoms with Crippen LogP contribution >= 0.6 is 0 Å². The molecule has 1 heterocycles. The van der Waals surface area contributed by atoms with E-state index in [1.165, 1.54) is 13.3 Å². The molecule has 4 rings (SSSR count). The molecule has 2 aromatic carbocycles. The van der Waals surface area contributed by atoms with E-state index < -0.39 is 24.1 Å². The minimum Gasteiger partial charge on any atom is -0.390 e. The van der Waals surface area contributed by atoms with Gasteiger partial charge in [0.15, 0.2) is 0 Å². The molecule has 0 radical (unpaired) electrons. The fourth-order valence-corrected chi connectivity index (χ4v) is 6.16. The lowest BCUT2D eigenvalue weighted by Crippen LogP contribution is -2.53. The topological polar surface area (TPSA) is 131 Å². The number of hydrogen-bond donors (Lipinski definition) is 4. The molecule has 3 atom stereocenters. The van der Waals surface area contributed by atoms with E-state index in [-0.39, 0.29) is 30.3 Å². The van der Waals surface area contributed by atoms with Gasteiger partial charge in [-0.25, -0.2) is 0 Å². The van der Waals surface area contributed by atoms with Gasteiger partial charge in [-0.3, -0.25) is 19.2 Å². The summed E-state index contributed by atoms with van der Waals surface area (Å²) in [4.78, 5) is 55.1. The van der Waals surface area contributed by atoms with E-state index in [1.54, 1.807) is 34.9 Å². The third kappa shape index (κ3) is 9.61. The van der Waals surface area contributed by atoms with Crippen molar-refractivity contribution in [3.63, 3.8) is 0 Å². The minimum absolute atomic E-state index is 0.0199. The van der Waals surface area contributed by atoms with E-state index in [0.717, 1.165) is 44.1 Å². The van der Waals surface area contributed by atoms with E-state index in [2.05, 4.69) is 16.0 Å². The number of nitrogens with zero attached hydrogens (tertiary/aromatic N) is 2. The largest absolute Gasteiger partial charge is 0.390 e. The lowest BCUT2D eigenvalue weighted by Gasteiger charge is -2.28. The summed E-state index contributed by atoms with van der Waals surface area (Å²) in [7, 11) is 0. The number of aliphatic hydroxyl groups excluding tert-OH is 1. The smallest absolute Gasteiger partial charge is 0.251 e. The molecule has 2 aliphatic rings. The lowest BCUT2D eigenvalue weighted by molar-refractivity contribution is -0.124. The Hall–Kier alpha value is -3.76. The lowest BCUT2D eigenvalue weighted by atomic mass is 9.95. The van der Waals surface area contributed by atoms with Gasteiger partial charge >= 0.3 is 0 Å². The van der Waals surface area contributed by atoms with Gasteiger partial charge in [-0.1, -0.05) is 56.5 Å². The molecular weight excluding hydrogens is 570 g/mol. The van der Waals surface area contributed by atoms with Crippen LogP contribution in [0.4, 0.5) is 11.4 Å². The average Bonchev–Trinajstić information content (AvgIpc) is 3.48. The summed E-state index contributed by atoms with van der Waals surface area (Å²) in [5.41, 5.74) is 2.35. The van der Waals surface area contributed by atoms with Crippen LogP contribution in [0.2, 0.25) is 0 Å². The van der Waals surface area contributed by atoms with Crippen LogP contribution < -0.4 is 25.8 Å². The predicted octanol–water partition coefficient (Wildman–Crippen LogP) is 3.71. The zero-order valence-electron chi connectivity index (χ0n) is 26.9. The molecule has 244 valence electrons. The monoisotopic (exact) mass is 619 g/mol. The van der Waals surface area contributed by atoms with Crippen LogP contribution in [-0.4, -0.2) is 72.6 Å². The van der Waals surface area contributed by atoms with Gasteiger partial charge in [-0.05, 0) is 62.8 Å². The number of hydrogen-bond acceptors (Lipinski definition) is 6. The van der Waals surface area contributed by atoms with Crippen molar-refractivity contribution in [3.8, 4) is 0 Å². The third-order valence-electron chi connectivity index (χ3n) is 8.75. The van der Waals surface area contributed by atoms with Gasteiger partial charge in [-0.2, -0.15) is 0 Å². The molecule has 10 nitrogen and oxygen atoms in total. The fraction of sp³-hybridized carbons (Fsp3) is 0.543. The van der Waals surface area contributed by atoms with Crippen molar-refractivity contribution in [1.82, 2.24) is 16.0 Å². The second kappa shape index (κ2) is 16.5. The number of carbonyl (C=O) groups is 4. The number of carbonyl (C=O) groups excluding carboxylic acids is 4. The van der Waals surface area contributed by atoms with Gasteiger partial charge in [0.1, 0.15) is 0 Å². The summed E-state index contributed by atoms with van der Waals surface area (Å²) >= 11 is 0. The number of amides is 4. The Morgan fingerprint density at radius 1 is 1.04 bits per heavy atom. The van der Waals surface area contributed by atoms with Crippen molar-refractivity contribution in [3.05, 3.63) is 59.7 Å². The van der Waals surface area contributed by atoms with Gasteiger partial charge in [0.2, 0.25) is 17.7 Å². The Kier molecular flexibility index (Phi) is 12.5. The first-order chi connectivity index (χ1) is 21.7. The van der Waals surface area contributed by atoms with Gasteiger partial charge in [0, 0.05) is 56.0 Å². The average molecular weight is 620 g/mol. The van der Waals surface area contributed by atoms with Crippen molar-refractivity contribution < 1.29 is 24.3 Å². The van der Waals surface area contributed by atoms with E-state index in [1.807, 2.05) is 37.3 Å². The highest BCUT2D eigenvalue weighted by Gasteiger charge is 2.28. The minimum atomic E-state index is -1.00. The highest BCUT2D eigenvalue weighted by atomic mass is 16.3. The Labute approximate surface area is 266 Å². The number of anilines is 2. The molecule has 1 saturated heterocycles. The highest BCUT2D eigenvalue weighted by Crippen LogP contribution is 2.29. The van der Waals surface area contributed by atoms with Gasteiger partial charge < -0.3 is 30.9 Å². The zero-order chi connectivity index (χ0) is 32.3.